The maximum atomic E-state index is 15.0. The highest BCUT2D eigenvalue weighted by molar-refractivity contribution is 7.12. The standard InChI is InChI=1S/C22H19F2N3OS/c1-12-10-14(13(2)29-12)7-9-25-18-6-5-17(23)19(20(18)24)21(28)16-11-27-22-15(16)4-3-8-26-22/h3-6,8,10-11,25H,7,9H2,1-2H3,(H,26,27). The van der Waals surface area contributed by atoms with Gasteiger partial charge in [0, 0.05) is 39.6 Å². The van der Waals surface area contributed by atoms with Crippen molar-refractivity contribution in [1.82, 2.24) is 9.97 Å². The SMILES string of the molecule is Cc1cc(CCNc2ccc(F)c(C(=O)c3c[nH]c4ncccc34)c2F)c(C)s1. The van der Waals surface area contributed by atoms with Gasteiger partial charge < -0.3 is 10.3 Å². The van der Waals surface area contributed by atoms with Gasteiger partial charge in [0.25, 0.3) is 0 Å². The molecule has 0 spiro atoms. The van der Waals surface area contributed by atoms with Gasteiger partial charge in [0.15, 0.2) is 5.82 Å². The molecule has 0 aliphatic rings. The molecular formula is C22H19F2N3OS. The van der Waals surface area contributed by atoms with Crippen LogP contribution in [0.1, 0.15) is 31.2 Å². The molecule has 4 rings (SSSR count). The molecule has 0 fully saturated rings. The predicted molar refractivity (Wildman–Crippen MR) is 112 cm³/mol. The highest BCUT2D eigenvalue weighted by Gasteiger charge is 2.24. The molecule has 0 bridgehead atoms. The van der Waals surface area contributed by atoms with Crippen LogP contribution in [0.2, 0.25) is 0 Å². The summed E-state index contributed by atoms with van der Waals surface area (Å²) in [5.74, 6) is -2.49. The van der Waals surface area contributed by atoms with Crippen molar-refractivity contribution in [3.8, 4) is 0 Å². The average molecular weight is 411 g/mol. The van der Waals surface area contributed by atoms with E-state index in [0.717, 1.165) is 6.07 Å². The smallest absolute Gasteiger partial charge is 0.201 e. The summed E-state index contributed by atoms with van der Waals surface area (Å²) in [4.78, 5) is 22.3. The first-order valence-corrected chi connectivity index (χ1v) is 10.0. The number of nitrogens with one attached hydrogen (secondary N) is 2. The van der Waals surface area contributed by atoms with Gasteiger partial charge in [0.2, 0.25) is 5.78 Å². The van der Waals surface area contributed by atoms with E-state index in [-0.39, 0.29) is 11.3 Å². The van der Waals surface area contributed by atoms with E-state index in [1.807, 2.05) is 6.92 Å². The summed E-state index contributed by atoms with van der Waals surface area (Å²) in [6.45, 7) is 4.58. The van der Waals surface area contributed by atoms with Gasteiger partial charge in [-0.1, -0.05) is 0 Å². The molecular weight excluding hydrogens is 392 g/mol. The highest BCUT2D eigenvalue weighted by Crippen LogP contribution is 2.27. The second-order valence-corrected chi connectivity index (χ2v) is 8.29. The lowest BCUT2D eigenvalue weighted by molar-refractivity contribution is 0.103. The highest BCUT2D eigenvalue weighted by atomic mass is 32.1. The fourth-order valence-corrected chi connectivity index (χ4v) is 4.42. The Balaban J connectivity index is 1.59. The van der Waals surface area contributed by atoms with Crippen molar-refractivity contribution in [3.63, 3.8) is 0 Å². The van der Waals surface area contributed by atoms with Crippen LogP contribution in [-0.2, 0) is 6.42 Å². The molecule has 1 aromatic carbocycles. The minimum atomic E-state index is -0.888. The Morgan fingerprint density at radius 2 is 2.07 bits per heavy atom. The molecule has 29 heavy (non-hydrogen) atoms. The molecule has 148 valence electrons. The van der Waals surface area contributed by atoms with Crippen LogP contribution in [0.15, 0.2) is 42.7 Å². The molecule has 0 aliphatic heterocycles. The number of hydrogen-bond acceptors (Lipinski definition) is 4. The lowest BCUT2D eigenvalue weighted by Gasteiger charge is -2.11. The number of fused-ring (bicyclic) bond motifs is 1. The van der Waals surface area contributed by atoms with Gasteiger partial charge in [-0.3, -0.25) is 4.79 Å². The monoisotopic (exact) mass is 411 g/mol. The van der Waals surface area contributed by atoms with Crippen LogP contribution in [0, 0.1) is 25.5 Å². The summed E-state index contributed by atoms with van der Waals surface area (Å²) in [6, 6.07) is 7.92. The summed E-state index contributed by atoms with van der Waals surface area (Å²) in [5, 5.41) is 3.52. The number of hydrogen-bond donors (Lipinski definition) is 2. The summed E-state index contributed by atoms with van der Waals surface area (Å²) >= 11 is 1.72. The Kier molecular flexibility index (Phi) is 5.15. The van der Waals surface area contributed by atoms with Crippen molar-refractivity contribution < 1.29 is 13.6 Å². The van der Waals surface area contributed by atoms with Crippen molar-refractivity contribution in [3.05, 3.63) is 80.8 Å². The minimum Gasteiger partial charge on any atom is -0.382 e. The van der Waals surface area contributed by atoms with Crippen molar-refractivity contribution in [1.29, 1.82) is 0 Å². The first-order valence-electron chi connectivity index (χ1n) is 9.20. The second kappa shape index (κ2) is 7.75. The number of halogens is 2. The molecule has 3 aromatic heterocycles. The van der Waals surface area contributed by atoms with E-state index in [9.17, 15) is 9.18 Å². The fourth-order valence-electron chi connectivity index (χ4n) is 3.44. The van der Waals surface area contributed by atoms with E-state index < -0.39 is 23.0 Å². The number of aryl methyl sites for hydroxylation is 2. The average Bonchev–Trinajstić information content (AvgIpc) is 3.26. The quantitative estimate of drug-likeness (QED) is 0.418. The van der Waals surface area contributed by atoms with Crippen molar-refractivity contribution in [2.45, 2.75) is 20.3 Å². The van der Waals surface area contributed by atoms with Crippen molar-refractivity contribution in [2.24, 2.45) is 0 Å². The summed E-state index contributed by atoms with van der Waals surface area (Å²) < 4.78 is 29.4. The lowest BCUT2D eigenvalue weighted by atomic mass is 10.0. The summed E-state index contributed by atoms with van der Waals surface area (Å²) in [7, 11) is 0. The van der Waals surface area contributed by atoms with Gasteiger partial charge >= 0.3 is 0 Å². The number of carbonyl (C=O) groups is 1. The molecule has 0 saturated heterocycles. The molecule has 0 radical (unpaired) electrons. The van der Waals surface area contributed by atoms with Gasteiger partial charge in [-0.05, 0) is 56.2 Å². The number of benzene rings is 1. The second-order valence-electron chi connectivity index (χ2n) is 6.83. The van der Waals surface area contributed by atoms with Gasteiger partial charge in [0.1, 0.15) is 11.5 Å². The maximum absolute atomic E-state index is 15.0. The Morgan fingerprint density at radius 3 is 2.83 bits per heavy atom. The lowest BCUT2D eigenvalue weighted by Crippen LogP contribution is -2.12. The number of pyridine rings is 1. The summed E-state index contributed by atoms with van der Waals surface area (Å²) in [5.41, 5.74) is 1.42. The van der Waals surface area contributed by atoms with E-state index in [1.165, 1.54) is 27.6 Å². The Hall–Kier alpha value is -3.06. The van der Waals surface area contributed by atoms with Gasteiger partial charge in [-0.25, -0.2) is 13.8 Å². The van der Waals surface area contributed by atoms with E-state index in [0.29, 0.717) is 24.0 Å². The zero-order chi connectivity index (χ0) is 20.5. The molecule has 0 aliphatic carbocycles. The van der Waals surface area contributed by atoms with Crippen LogP contribution < -0.4 is 5.32 Å². The van der Waals surface area contributed by atoms with E-state index in [1.54, 1.807) is 29.7 Å². The zero-order valence-electron chi connectivity index (χ0n) is 16.0. The van der Waals surface area contributed by atoms with Crippen LogP contribution >= 0.6 is 11.3 Å². The number of aromatic nitrogens is 2. The molecule has 0 saturated carbocycles. The zero-order valence-corrected chi connectivity index (χ0v) is 16.8. The van der Waals surface area contributed by atoms with E-state index in [2.05, 4.69) is 28.3 Å². The van der Waals surface area contributed by atoms with E-state index >= 15 is 4.39 Å². The molecule has 4 nitrogen and oxygen atoms in total. The summed E-state index contributed by atoms with van der Waals surface area (Å²) in [6.07, 6.45) is 3.72. The van der Waals surface area contributed by atoms with Gasteiger partial charge in [-0.2, -0.15) is 0 Å². The van der Waals surface area contributed by atoms with Gasteiger partial charge in [-0.15, -0.1) is 11.3 Å². The molecule has 4 aromatic rings. The van der Waals surface area contributed by atoms with Crippen LogP contribution in [0.3, 0.4) is 0 Å². The third-order valence-corrected chi connectivity index (χ3v) is 5.88. The molecule has 2 N–H and O–H groups in total. The minimum absolute atomic E-state index is 0.109. The number of H-pyrrole nitrogens is 1. The largest absolute Gasteiger partial charge is 0.382 e. The first-order chi connectivity index (χ1) is 14.0. The number of carbonyl (C=O) groups excluding carboxylic acids is 1. The normalized spacial score (nSPS) is 11.2. The molecule has 3 heterocycles. The molecule has 0 unspecified atom stereocenters. The van der Waals surface area contributed by atoms with Crippen molar-refractivity contribution >= 4 is 33.8 Å². The number of aromatic amines is 1. The fraction of sp³-hybridized carbons (Fsp3) is 0.182. The van der Waals surface area contributed by atoms with Crippen LogP contribution in [0.25, 0.3) is 11.0 Å². The predicted octanol–water partition coefficient (Wildman–Crippen LogP) is 5.41. The third-order valence-electron chi connectivity index (χ3n) is 4.87. The molecule has 0 amide bonds. The third kappa shape index (κ3) is 3.65. The van der Waals surface area contributed by atoms with Crippen molar-refractivity contribution in [2.75, 3.05) is 11.9 Å². The Bertz CT molecular complexity index is 1210. The Labute approximate surface area is 170 Å². The maximum Gasteiger partial charge on any atom is 0.201 e. The number of thiophene rings is 1. The first kappa shape index (κ1) is 19.3. The van der Waals surface area contributed by atoms with Crippen LogP contribution in [-0.4, -0.2) is 22.3 Å². The number of nitrogens with zero attached hydrogens (tertiary/aromatic N) is 1. The van der Waals surface area contributed by atoms with Gasteiger partial charge in [0.05, 0.1) is 11.3 Å². The number of rotatable bonds is 6. The molecule has 7 heteroatoms. The number of anilines is 1. The molecule has 0 atom stereocenters. The van der Waals surface area contributed by atoms with Crippen LogP contribution in [0.5, 0.6) is 0 Å². The topological polar surface area (TPSA) is 57.8 Å². The Morgan fingerprint density at radius 1 is 1.24 bits per heavy atom. The van der Waals surface area contributed by atoms with Crippen LogP contribution in [0.4, 0.5) is 14.5 Å². The number of ketones is 1. The van der Waals surface area contributed by atoms with E-state index in [4.69, 9.17) is 0 Å².